The van der Waals surface area contributed by atoms with Crippen LogP contribution in [0, 0.1) is 0 Å². The molecule has 1 amide bonds. The fourth-order valence-electron chi connectivity index (χ4n) is 2.68. The molecule has 1 aliphatic rings. The van der Waals surface area contributed by atoms with Crippen molar-refractivity contribution in [2.75, 3.05) is 13.1 Å². The zero-order valence-corrected chi connectivity index (χ0v) is 12.6. The number of rotatable bonds is 2. The molecular formula is C16H18ClN3O. The summed E-state index contributed by atoms with van der Waals surface area (Å²) in [5, 5.41) is 0.418. The molecule has 110 valence electrons. The van der Waals surface area contributed by atoms with E-state index in [4.69, 9.17) is 11.6 Å². The molecular weight excluding hydrogens is 286 g/mol. The molecule has 0 unspecified atom stereocenters. The molecule has 3 rings (SSSR count). The molecule has 3 heterocycles. The van der Waals surface area contributed by atoms with E-state index >= 15 is 0 Å². The third kappa shape index (κ3) is 3.10. The zero-order valence-electron chi connectivity index (χ0n) is 11.8. The first-order chi connectivity index (χ1) is 10.3. The van der Waals surface area contributed by atoms with Gasteiger partial charge in [0.05, 0.1) is 5.69 Å². The average Bonchev–Trinajstić information content (AvgIpc) is 2.68. The summed E-state index contributed by atoms with van der Waals surface area (Å²) in [4.78, 5) is 18.4. The van der Waals surface area contributed by atoms with Crippen LogP contribution < -0.4 is 0 Å². The Morgan fingerprint density at radius 2 is 1.95 bits per heavy atom. The molecule has 1 saturated heterocycles. The smallest absolute Gasteiger partial charge is 0.246 e. The van der Waals surface area contributed by atoms with Crippen molar-refractivity contribution in [1.82, 2.24) is 14.3 Å². The van der Waals surface area contributed by atoms with Crippen LogP contribution in [-0.4, -0.2) is 33.3 Å². The maximum Gasteiger partial charge on any atom is 0.246 e. The molecule has 0 aliphatic carbocycles. The van der Waals surface area contributed by atoms with Crippen molar-refractivity contribution >= 4 is 29.2 Å². The summed E-state index contributed by atoms with van der Waals surface area (Å²) in [7, 11) is 0. The Labute approximate surface area is 129 Å². The summed E-state index contributed by atoms with van der Waals surface area (Å²) in [5.41, 5.74) is 1.53. The first kappa shape index (κ1) is 14.1. The van der Waals surface area contributed by atoms with Gasteiger partial charge < -0.3 is 4.90 Å². The Hall–Kier alpha value is -1.81. The van der Waals surface area contributed by atoms with E-state index in [1.807, 2.05) is 33.7 Å². The van der Waals surface area contributed by atoms with Gasteiger partial charge in [-0.2, -0.15) is 0 Å². The molecule has 5 heteroatoms. The van der Waals surface area contributed by atoms with Gasteiger partial charge in [0.1, 0.15) is 5.65 Å². The van der Waals surface area contributed by atoms with E-state index in [0.717, 1.165) is 37.3 Å². The van der Waals surface area contributed by atoms with Gasteiger partial charge in [0.2, 0.25) is 5.91 Å². The summed E-state index contributed by atoms with van der Waals surface area (Å²) in [6.07, 6.45) is 9.87. The van der Waals surface area contributed by atoms with Crippen molar-refractivity contribution < 1.29 is 4.79 Å². The lowest BCUT2D eigenvalue weighted by molar-refractivity contribution is -0.125. The number of hydrogen-bond acceptors (Lipinski definition) is 2. The topological polar surface area (TPSA) is 37.6 Å². The number of pyridine rings is 1. The van der Waals surface area contributed by atoms with Gasteiger partial charge >= 0.3 is 0 Å². The molecule has 2 aromatic rings. The Kier molecular flexibility index (Phi) is 4.25. The van der Waals surface area contributed by atoms with Crippen molar-refractivity contribution in [2.24, 2.45) is 0 Å². The van der Waals surface area contributed by atoms with Crippen LogP contribution in [0.15, 0.2) is 30.5 Å². The first-order valence-corrected chi connectivity index (χ1v) is 7.73. The molecule has 0 spiro atoms. The number of amides is 1. The highest BCUT2D eigenvalue weighted by Gasteiger charge is 2.13. The van der Waals surface area contributed by atoms with Crippen molar-refractivity contribution in [1.29, 1.82) is 0 Å². The Bertz CT molecular complexity index is 669. The van der Waals surface area contributed by atoms with Crippen molar-refractivity contribution in [3.63, 3.8) is 0 Å². The van der Waals surface area contributed by atoms with Gasteiger partial charge in [-0.3, -0.25) is 9.20 Å². The summed E-state index contributed by atoms with van der Waals surface area (Å²) >= 11 is 6.15. The van der Waals surface area contributed by atoms with E-state index in [1.165, 1.54) is 12.8 Å². The van der Waals surface area contributed by atoms with Gasteiger partial charge in [0, 0.05) is 25.4 Å². The second-order valence-corrected chi connectivity index (χ2v) is 5.65. The number of likely N-dealkylation sites (tertiary alicyclic amines) is 1. The maximum atomic E-state index is 12.3. The minimum atomic E-state index is 0.0545. The van der Waals surface area contributed by atoms with E-state index < -0.39 is 0 Å². The van der Waals surface area contributed by atoms with Gasteiger partial charge in [0.15, 0.2) is 5.15 Å². The molecule has 0 radical (unpaired) electrons. The van der Waals surface area contributed by atoms with Gasteiger partial charge in [-0.05, 0) is 31.1 Å². The minimum absolute atomic E-state index is 0.0545. The van der Waals surface area contributed by atoms with Crippen molar-refractivity contribution in [3.05, 3.63) is 41.3 Å². The molecule has 0 saturated carbocycles. The third-order valence-corrected chi connectivity index (χ3v) is 4.10. The Morgan fingerprint density at radius 1 is 1.19 bits per heavy atom. The third-order valence-electron chi connectivity index (χ3n) is 3.82. The average molecular weight is 304 g/mol. The van der Waals surface area contributed by atoms with Crippen LogP contribution in [0.5, 0.6) is 0 Å². The maximum absolute atomic E-state index is 12.3. The van der Waals surface area contributed by atoms with Crippen LogP contribution in [0.2, 0.25) is 5.15 Å². The molecule has 0 N–H and O–H groups in total. The monoisotopic (exact) mass is 303 g/mol. The van der Waals surface area contributed by atoms with Crippen LogP contribution in [0.3, 0.4) is 0 Å². The van der Waals surface area contributed by atoms with Crippen LogP contribution in [-0.2, 0) is 4.79 Å². The SMILES string of the molecule is O=C(/C=C\c1c(Cl)nc2ccccn12)N1CCCCCC1. The number of hydrogen-bond donors (Lipinski definition) is 0. The van der Waals surface area contributed by atoms with E-state index in [-0.39, 0.29) is 5.91 Å². The Morgan fingerprint density at radius 3 is 2.71 bits per heavy atom. The molecule has 1 fully saturated rings. The number of imidazole rings is 1. The number of aromatic nitrogens is 2. The fourth-order valence-corrected chi connectivity index (χ4v) is 2.92. The first-order valence-electron chi connectivity index (χ1n) is 7.35. The number of halogens is 1. The van der Waals surface area contributed by atoms with E-state index in [9.17, 15) is 4.79 Å². The predicted octanol–water partition coefficient (Wildman–Crippen LogP) is 3.40. The standard InChI is InChI=1S/C16H18ClN3O/c17-16-13(20-12-6-3-7-14(20)18-16)8-9-15(21)19-10-4-1-2-5-11-19/h3,6-9,12H,1-2,4-5,10-11H2/b9-8-. The highest BCUT2D eigenvalue weighted by molar-refractivity contribution is 6.31. The van der Waals surface area contributed by atoms with Crippen LogP contribution >= 0.6 is 11.6 Å². The van der Waals surface area contributed by atoms with E-state index in [2.05, 4.69) is 4.98 Å². The number of carbonyl (C=O) groups is 1. The molecule has 0 aromatic carbocycles. The summed E-state index contributed by atoms with van der Waals surface area (Å²) in [6.45, 7) is 1.70. The van der Waals surface area contributed by atoms with Gasteiger partial charge in [0.25, 0.3) is 0 Å². The zero-order chi connectivity index (χ0) is 14.7. The summed E-state index contributed by atoms with van der Waals surface area (Å²) in [6, 6.07) is 5.72. The molecule has 21 heavy (non-hydrogen) atoms. The summed E-state index contributed by atoms with van der Waals surface area (Å²) < 4.78 is 1.88. The molecule has 0 bridgehead atoms. The number of carbonyl (C=O) groups excluding carboxylic acids is 1. The molecule has 4 nitrogen and oxygen atoms in total. The van der Waals surface area contributed by atoms with E-state index in [1.54, 1.807) is 12.2 Å². The number of fused-ring (bicyclic) bond motifs is 1. The Balaban J connectivity index is 1.80. The molecule has 0 atom stereocenters. The highest BCUT2D eigenvalue weighted by atomic mass is 35.5. The van der Waals surface area contributed by atoms with Crippen LogP contribution in [0.25, 0.3) is 11.7 Å². The number of nitrogens with zero attached hydrogens (tertiary/aromatic N) is 3. The highest BCUT2D eigenvalue weighted by Crippen LogP contribution is 2.19. The minimum Gasteiger partial charge on any atom is -0.339 e. The second-order valence-electron chi connectivity index (χ2n) is 5.29. The largest absolute Gasteiger partial charge is 0.339 e. The van der Waals surface area contributed by atoms with Crippen molar-refractivity contribution in [3.8, 4) is 0 Å². The normalized spacial score (nSPS) is 16.5. The van der Waals surface area contributed by atoms with Crippen LogP contribution in [0.4, 0.5) is 0 Å². The lowest BCUT2D eigenvalue weighted by Crippen LogP contribution is -2.30. The van der Waals surface area contributed by atoms with Gasteiger partial charge in [-0.1, -0.05) is 30.5 Å². The predicted molar refractivity (Wildman–Crippen MR) is 84.3 cm³/mol. The van der Waals surface area contributed by atoms with Crippen molar-refractivity contribution in [2.45, 2.75) is 25.7 Å². The molecule has 2 aromatic heterocycles. The quantitative estimate of drug-likeness (QED) is 0.797. The van der Waals surface area contributed by atoms with Gasteiger partial charge in [-0.15, -0.1) is 0 Å². The summed E-state index contributed by atoms with van der Waals surface area (Å²) in [5.74, 6) is 0.0545. The lowest BCUT2D eigenvalue weighted by Gasteiger charge is -2.17. The second kappa shape index (κ2) is 6.31. The molecule has 1 aliphatic heterocycles. The van der Waals surface area contributed by atoms with Gasteiger partial charge in [-0.25, -0.2) is 4.98 Å². The van der Waals surface area contributed by atoms with Crippen LogP contribution in [0.1, 0.15) is 31.4 Å². The lowest BCUT2D eigenvalue weighted by atomic mass is 10.2. The fraction of sp³-hybridized carbons (Fsp3) is 0.375. The van der Waals surface area contributed by atoms with E-state index in [0.29, 0.717) is 5.15 Å².